The number of methoxy groups -OCH3 is 1. The molecule has 6 nitrogen and oxygen atoms in total. The molecule has 36 heavy (non-hydrogen) atoms. The second-order valence-electron chi connectivity index (χ2n) is 8.73. The smallest absolute Gasteiger partial charge is 0.295 e. The van der Waals surface area contributed by atoms with Crippen LogP contribution in [0.5, 0.6) is 11.5 Å². The molecule has 0 spiro atoms. The first-order valence-electron chi connectivity index (χ1n) is 12.2. The van der Waals surface area contributed by atoms with Crippen molar-refractivity contribution in [3.8, 4) is 11.5 Å². The first-order valence-corrected chi connectivity index (χ1v) is 12.2. The Kier molecular flexibility index (Phi) is 8.06. The minimum absolute atomic E-state index is 0.0731. The van der Waals surface area contributed by atoms with Gasteiger partial charge in [-0.25, -0.2) is 0 Å². The van der Waals surface area contributed by atoms with Gasteiger partial charge in [0.15, 0.2) is 0 Å². The lowest BCUT2D eigenvalue weighted by Crippen LogP contribution is -2.31. The van der Waals surface area contributed by atoms with E-state index >= 15 is 0 Å². The van der Waals surface area contributed by atoms with Gasteiger partial charge in [0.05, 0.1) is 25.3 Å². The number of ether oxygens (including phenoxy) is 2. The second-order valence-corrected chi connectivity index (χ2v) is 8.73. The third-order valence-corrected chi connectivity index (χ3v) is 6.33. The molecule has 3 aromatic carbocycles. The number of aliphatic hydroxyl groups is 1. The van der Waals surface area contributed by atoms with Gasteiger partial charge in [0, 0.05) is 12.1 Å². The Morgan fingerprint density at radius 3 is 2.39 bits per heavy atom. The van der Waals surface area contributed by atoms with E-state index < -0.39 is 17.7 Å². The van der Waals surface area contributed by atoms with Crippen LogP contribution in [0.2, 0.25) is 0 Å². The Labute approximate surface area is 211 Å². The van der Waals surface area contributed by atoms with Crippen molar-refractivity contribution < 1.29 is 24.2 Å². The van der Waals surface area contributed by atoms with Crippen molar-refractivity contribution in [1.82, 2.24) is 4.90 Å². The summed E-state index contributed by atoms with van der Waals surface area (Å²) in [5.41, 5.74) is 2.29. The molecule has 1 saturated heterocycles. The normalized spacial score (nSPS) is 16.8. The van der Waals surface area contributed by atoms with Crippen molar-refractivity contribution >= 4 is 17.4 Å². The summed E-state index contributed by atoms with van der Waals surface area (Å²) < 4.78 is 11.1. The highest BCUT2D eigenvalue weighted by Gasteiger charge is 2.45. The van der Waals surface area contributed by atoms with Crippen LogP contribution >= 0.6 is 0 Å². The Balaban J connectivity index is 1.73. The zero-order valence-electron chi connectivity index (χ0n) is 20.6. The minimum atomic E-state index is -0.718. The van der Waals surface area contributed by atoms with Gasteiger partial charge in [0.1, 0.15) is 17.3 Å². The fraction of sp³-hybridized carbons (Fsp3) is 0.267. The minimum Gasteiger partial charge on any atom is -0.507 e. The average Bonchev–Trinajstić information content (AvgIpc) is 3.17. The maximum atomic E-state index is 13.3. The van der Waals surface area contributed by atoms with Gasteiger partial charge in [0.2, 0.25) is 0 Å². The Morgan fingerprint density at radius 1 is 0.944 bits per heavy atom. The van der Waals surface area contributed by atoms with Crippen LogP contribution < -0.4 is 9.47 Å². The number of hydrogen-bond acceptors (Lipinski definition) is 5. The molecular formula is C30H31NO5. The molecule has 186 valence electrons. The van der Waals surface area contributed by atoms with Gasteiger partial charge in [-0.2, -0.15) is 0 Å². The van der Waals surface area contributed by atoms with Crippen molar-refractivity contribution in [2.24, 2.45) is 0 Å². The fourth-order valence-electron chi connectivity index (χ4n) is 4.36. The molecule has 0 aliphatic carbocycles. The topological polar surface area (TPSA) is 76.1 Å². The number of benzene rings is 3. The molecule has 1 aliphatic rings. The Morgan fingerprint density at radius 2 is 1.69 bits per heavy atom. The molecule has 1 fully saturated rings. The molecule has 0 radical (unpaired) electrons. The number of Topliss-reactive ketones (excluding diaryl/α,β-unsaturated/α-hetero) is 1. The highest BCUT2D eigenvalue weighted by Crippen LogP contribution is 2.40. The van der Waals surface area contributed by atoms with Crippen molar-refractivity contribution in [3.63, 3.8) is 0 Å². The summed E-state index contributed by atoms with van der Waals surface area (Å²) in [5, 5.41) is 11.3. The summed E-state index contributed by atoms with van der Waals surface area (Å²) in [6.07, 6.45) is 2.51. The zero-order valence-corrected chi connectivity index (χ0v) is 20.6. The van der Waals surface area contributed by atoms with Crippen molar-refractivity contribution in [2.45, 2.75) is 32.2 Å². The van der Waals surface area contributed by atoms with Crippen LogP contribution in [0.25, 0.3) is 5.76 Å². The fourth-order valence-corrected chi connectivity index (χ4v) is 4.36. The van der Waals surface area contributed by atoms with Gasteiger partial charge in [-0.3, -0.25) is 9.59 Å². The van der Waals surface area contributed by atoms with E-state index in [1.54, 1.807) is 42.3 Å². The van der Waals surface area contributed by atoms with Gasteiger partial charge in [-0.1, -0.05) is 67.9 Å². The Hall–Kier alpha value is -4.06. The van der Waals surface area contributed by atoms with Gasteiger partial charge >= 0.3 is 0 Å². The average molecular weight is 486 g/mol. The van der Waals surface area contributed by atoms with E-state index in [0.717, 1.165) is 24.0 Å². The molecule has 0 aromatic heterocycles. The van der Waals surface area contributed by atoms with E-state index in [4.69, 9.17) is 9.47 Å². The van der Waals surface area contributed by atoms with E-state index in [0.29, 0.717) is 36.6 Å². The lowest BCUT2D eigenvalue weighted by molar-refractivity contribution is -0.139. The molecule has 3 aromatic rings. The number of nitrogens with zero attached hydrogens (tertiary/aromatic N) is 1. The molecular weight excluding hydrogens is 454 g/mol. The number of likely N-dealkylation sites (tertiary alicyclic amines) is 1. The second kappa shape index (κ2) is 11.6. The summed E-state index contributed by atoms with van der Waals surface area (Å²) in [7, 11) is 1.58. The molecule has 0 bridgehead atoms. The lowest BCUT2D eigenvalue weighted by Gasteiger charge is -2.25. The predicted molar refractivity (Wildman–Crippen MR) is 139 cm³/mol. The third kappa shape index (κ3) is 5.43. The number of carbonyl (C=O) groups is 2. The Bertz CT molecular complexity index is 1230. The van der Waals surface area contributed by atoms with Gasteiger partial charge in [0.25, 0.3) is 11.7 Å². The van der Waals surface area contributed by atoms with Crippen LogP contribution in [0, 0.1) is 0 Å². The monoisotopic (exact) mass is 485 g/mol. The summed E-state index contributed by atoms with van der Waals surface area (Å²) in [6.45, 7) is 2.99. The maximum absolute atomic E-state index is 13.3. The van der Waals surface area contributed by atoms with Crippen LogP contribution in [0.1, 0.15) is 42.5 Å². The highest BCUT2D eigenvalue weighted by molar-refractivity contribution is 6.46. The number of amides is 1. The maximum Gasteiger partial charge on any atom is 0.295 e. The summed E-state index contributed by atoms with van der Waals surface area (Å²) in [6, 6.07) is 23.3. The largest absolute Gasteiger partial charge is 0.507 e. The van der Waals surface area contributed by atoms with Crippen molar-refractivity contribution in [2.75, 3.05) is 20.3 Å². The van der Waals surface area contributed by atoms with Crippen LogP contribution in [-0.4, -0.2) is 42.0 Å². The SMILES string of the molecule is CCCCOc1cccc(C(O)=C2C(=O)C(=O)N(CCc3ccccc3)C2c2ccc(OC)cc2)c1. The van der Waals surface area contributed by atoms with E-state index in [-0.39, 0.29) is 11.3 Å². The number of aliphatic hydroxyl groups excluding tert-OH is 1. The van der Waals surface area contributed by atoms with E-state index in [1.165, 1.54) is 0 Å². The van der Waals surface area contributed by atoms with E-state index in [9.17, 15) is 14.7 Å². The molecule has 1 N–H and O–H groups in total. The van der Waals surface area contributed by atoms with Crippen LogP contribution in [0.3, 0.4) is 0 Å². The molecule has 6 heteroatoms. The highest BCUT2D eigenvalue weighted by atomic mass is 16.5. The van der Waals surface area contributed by atoms with E-state index in [2.05, 4.69) is 6.92 Å². The van der Waals surface area contributed by atoms with Gasteiger partial charge in [-0.15, -0.1) is 0 Å². The summed E-state index contributed by atoms with van der Waals surface area (Å²) in [4.78, 5) is 28.0. The standard InChI is InChI=1S/C30H31NO5/c1-3-4-19-36-25-12-8-11-23(20-25)28(32)26-27(22-13-15-24(35-2)16-14-22)31(30(34)29(26)33)18-17-21-9-6-5-7-10-21/h5-16,20,27,32H,3-4,17-19H2,1-2H3. The predicted octanol–water partition coefficient (Wildman–Crippen LogP) is 5.54. The number of rotatable bonds is 10. The number of hydrogen-bond donors (Lipinski definition) is 1. The first-order chi connectivity index (χ1) is 17.5. The molecule has 0 saturated carbocycles. The van der Waals surface area contributed by atoms with Gasteiger partial charge < -0.3 is 19.5 Å². The number of ketones is 1. The van der Waals surface area contributed by atoms with Crippen molar-refractivity contribution in [3.05, 3.63) is 101 Å². The van der Waals surface area contributed by atoms with Crippen LogP contribution in [0.15, 0.2) is 84.4 Å². The third-order valence-electron chi connectivity index (χ3n) is 6.33. The molecule has 1 atom stereocenters. The summed E-state index contributed by atoms with van der Waals surface area (Å²) in [5.74, 6) is -0.261. The van der Waals surface area contributed by atoms with Crippen molar-refractivity contribution in [1.29, 1.82) is 0 Å². The number of carbonyl (C=O) groups excluding carboxylic acids is 2. The van der Waals surface area contributed by atoms with Gasteiger partial charge in [-0.05, 0) is 48.2 Å². The first kappa shape index (κ1) is 25.0. The number of unbranched alkanes of at least 4 members (excludes halogenated alkanes) is 1. The zero-order chi connectivity index (χ0) is 25.5. The molecule has 4 rings (SSSR count). The molecule has 1 aliphatic heterocycles. The van der Waals surface area contributed by atoms with Crippen LogP contribution in [-0.2, 0) is 16.0 Å². The molecule has 1 amide bonds. The van der Waals surface area contributed by atoms with Crippen LogP contribution in [0.4, 0.5) is 0 Å². The molecule has 1 unspecified atom stereocenters. The quantitative estimate of drug-likeness (QED) is 0.177. The van der Waals surface area contributed by atoms with E-state index in [1.807, 2.05) is 48.5 Å². The molecule has 1 heterocycles. The lowest BCUT2D eigenvalue weighted by atomic mass is 9.95. The summed E-state index contributed by atoms with van der Waals surface area (Å²) >= 11 is 0.